The van der Waals surface area contributed by atoms with E-state index in [9.17, 15) is 9.59 Å². The van der Waals surface area contributed by atoms with Crippen molar-refractivity contribution in [3.63, 3.8) is 0 Å². The number of rotatable bonds is 9. The number of hydrogen-bond acceptors (Lipinski definition) is 4. The van der Waals surface area contributed by atoms with E-state index in [1.165, 1.54) is 0 Å². The van der Waals surface area contributed by atoms with Crippen LogP contribution in [0, 0.1) is 6.92 Å². The fraction of sp³-hybridized carbons (Fsp3) is 0.333. The molecule has 0 atom stereocenters. The van der Waals surface area contributed by atoms with Crippen LogP contribution in [0.15, 0.2) is 42.5 Å². The molecule has 27 heavy (non-hydrogen) atoms. The summed E-state index contributed by atoms with van der Waals surface area (Å²) in [5.74, 6) is 0.847. The second kappa shape index (κ2) is 10.2. The van der Waals surface area contributed by atoms with Crippen LogP contribution in [0.3, 0.4) is 0 Å². The number of carbonyl (C=O) groups is 2. The van der Waals surface area contributed by atoms with E-state index in [2.05, 4.69) is 10.6 Å². The molecule has 0 aliphatic carbocycles. The van der Waals surface area contributed by atoms with Crippen molar-refractivity contribution in [2.45, 2.75) is 26.7 Å². The molecular formula is C21H26N2O4. The normalized spacial score (nSPS) is 10.2. The van der Waals surface area contributed by atoms with Crippen LogP contribution in [-0.4, -0.2) is 32.1 Å². The number of aryl methyl sites for hydroxylation is 1. The fourth-order valence-corrected chi connectivity index (χ4v) is 2.61. The van der Waals surface area contributed by atoms with Crippen LogP contribution in [-0.2, 0) is 4.79 Å². The molecule has 0 saturated heterocycles. The Morgan fingerprint density at radius 1 is 1.07 bits per heavy atom. The number of ether oxygens (including phenoxy) is 2. The molecule has 144 valence electrons. The quantitative estimate of drug-likeness (QED) is 0.662. The van der Waals surface area contributed by atoms with E-state index in [1.54, 1.807) is 25.3 Å². The lowest BCUT2D eigenvalue weighted by Crippen LogP contribution is -2.26. The van der Waals surface area contributed by atoms with Gasteiger partial charge < -0.3 is 20.1 Å². The van der Waals surface area contributed by atoms with Gasteiger partial charge in [-0.25, -0.2) is 0 Å². The summed E-state index contributed by atoms with van der Waals surface area (Å²) in [5.41, 5.74) is 2.18. The third kappa shape index (κ3) is 6.02. The van der Waals surface area contributed by atoms with Crippen LogP contribution in [0.2, 0.25) is 0 Å². The van der Waals surface area contributed by atoms with Crippen molar-refractivity contribution >= 4 is 17.5 Å². The SMILES string of the molecule is CCOc1ccccc1C(=O)NCCCC(=O)Nc1cc(C)ccc1OC. The molecule has 2 aromatic rings. The third-order valence-electron chi connectivity index (χ3n) is 3.93. The van der Waals surface area contributed by atoms with Crippen molar-refractivity contribution in [3.8, 4) is 11.5 Å². The number of carbonyl (C=O) groups excluding carboxylic acids is 2. The Balaban J connectivity index is 1.81. The molecule has 2 N–H and O–H groups in total. The Hall–Kier alpha value is -3.02. The summed E-state index contributed by atoms with van der Waals surface area (Å²) in [6.45, 7) is 4.71. The van der Waals surface area contributed by atoms with Gasteiger partial charge in [0.05, 0.1) is 25.0 Å². The van der Waals surface area contributed by atoms with Crippen LogP contribution >= 0.6 is 0 Å². The first-order valence-electron chi connectivity index (χ1n) is 8.99. The van der Waals surface area contributed by atoms with Gasteiger partial charge in [0, 0.05) is 13.0 Å². The number of amides is 2. The molecule has 2 rings (SSSR count). The van der Waals surface area contributed by atoms with E-state index < -0.39 is 0 Å². The number of nitrogens with one attached hydrogen (secondary N) is 2. The predicted molar refractivity (Wildman–Crippen MR) is 106 cm³/mol. The molecule has 0 aliphatic rings. The number of hydrogen-bond donors (Lipinski definition) is 2. The second-order valence-corrected chi connectivity index (χ2v) is 6.04. The average molecular weight is 370 g/mol. The van der Waals surface area contributed by atoms with Gasteiger partial charge in [-0.1, -0.05) is 18.2 Å². The Kier molecular flexibility index (Phi) is 7.67. The zero-order valence-electron chi connectivity index (χ0n) is 16.0. The van der Waals surface area contributed by atoms with Crippen molar-refractivity contribution in [2.75, 3.05) is 25.6 Å². The topological polar surface area (TPSA) is 76.7 Å². The molecule has 0 saturated carbocycles. The maximum atomic E-state index is 12.3. The van der Waals surface area contributed by atoms with Gasteiger partial charge in [-0.05, 0) is 50.1 Å². The van der Waals surface area contributed by atoms with E-state index in [4.69, 9.17) is 9.47 Å². The molecule has 2 aromatic carbocycles. The van der Waals surface area contributed by atoms with Crippen molar-refractivity contribution in [1.29, 1.82) is 0 Å². The molecule has 0 spiro atoms. The molecule has 0 unspecified atom stereocenters. The lowest BCUT2D eigenvalue weighted by Gasteiger charge is -2.12. The van der Waals surface area contributed by atoms with Crippen molar-refractivity contribution in [1.82, 2.24) is 5.32 Å². The number of anilines is 1. The molecule has 0 fully saturated rings. The van der Waals surface area contributed by atoms with Crippen LogP contribution in [0.25, 0.3) is 0 Å². The maximum absolute atomic E-state index is 12.3. The van der Waals surface area contributed by atoms with Crippen molar-refractivity contribution < 1.29 is 19.1 Å². The number of benzene rings is 2. The smallest absolute Gasteiger partial charge is 0.255 e. The lowest BCUT2D eigenvalue weighted by atomic mass is 10.2. The van der Waals surface area contributed by atoms with Gasteiger partial charge in [-0.3, -0.25) is 9.59 Å². The molecule has 0 heterocycles. The summed E-state index contributed by atoms with van der Waals surface area (Å²) in [6, 6.07) is 12.7. The fourth-order valence-electron chi connectivity index (χ4n) is 2.61. The third-order valence-corrected chi connectivity index (χ3v) is 3.93. The lowest BCUT2D eigenvalue weighted by molar-refractivity contribution is -0.116. The van der Waals surface area contributed by atoms with Gasteiger partial charge in [0.2, 0.25) is 5.91 Å². The Morgan fingerprint density at radius 2 is 1.85 bits per heavy atom. The molecule has 0 aromatic heterocycles. The molecule has 0 radical (unpaired) electrons. The Labute approximate surface area is 159 Å². The zero-order chi connectivity index (χ0) is 19.6. The van der Waals surface area contributed by atoms with Gasteiger partial charge in [0.15, 0.2) is 0 Å². The first-order chi connectivity index (χ1) is 13.0. The molecule has 6 nitrogen and oxygen atoms in total. The second-order valence-electron chi connectivity index (χ2n) is 6.04. The minimum Gasteiger partial charge on any atom is -0.495 e. The van der Waals surface area contributed by atoms with Gasteiger partial charge >= 0.3 is 0 Å². The largest absolute Gasteiger partial charge is 0.495 e. The van der Waals surface area contributed by atoms with E-state index in [0.717, 1.165) is 5.56 Å². The first-order valence-corrected chi connectivity index (χ1v) is 8.99. The molecule has 0 bridgehead atoms. The predicted octanol–water partition coefficient (Wildman–Crippen LogP) is 3.55. The molecular weight excluding hydrogens is 344 g/mol. The minimum atomic E-state index is -0.209. The summed E-state index contributed by atoms with van der Waals surface area (Å²) >= 11 is 0. The van der Waals surface area contributed by atoms with Crippen LogP contribution in [0.1, 0.15) is 35.7 Å². The highest BCUT2D eigenvalue weighted by Gasteiger charge is 2.12. The standard InChI is InChI=1S/C21H26N2O4/c1-4-27-18-9-6-5-8-16(18)21(25)22-13-7-10-20(24)23-17-14-15(2)11-12-19(17)26-3/h5-6,8-9,11-12,14H,4,7,10,13H2,1-3H3,(H,22,25)(H,23,24). The highest BCUT2D eigenvalue weighted by molar-refractivity contribution is 5.97. The Morgan fingerprint density at radius 3 is 2.59 bits per heavy atom. The number of para-hydroxylation sites is 1. The monoisotopic (exact) mass is 370 g/mol. The Bertz CT molecular complexity index is 790. The molecule has 6 heteroatoms. The summed E-state index contributed by atoms with van der Waals surface area (Å²) in [4.78, 5) is 24.4. The van der Waals surface area contributed by atoms with Gasteiger partial charge in [-0.2, -0.15) is 0 Å². The highest BCUT2D eigenvalue weighted by atomic mass is 16.5. The van der Waals surface area contributed by atoms with Crippen LogP contribution < -0.4 is 20.1 Å². The van der Waals surface area contributed by atoms with Crippen molar-refractivity contribution in [3.05, 3.63) is 53.6 Å². The average Bonchev–Trinajstić information content (AvgIpc) is 2.66. The summed E-state index contributed by atoms with van der Waals surface area (Å²) in [5, 5.41) is 5.68. The van der Waals surface area contributed by atoms with E-state index in [1.807, 2.05) is 38.1 Å². The maximum Gasteiger partial charge on any atom is 0.255 e. The zero-order valence-corrected chi connectivity index (χ0v) is 16.0. The van der Waals surface area contributed by atoms with Gasteiger partial charge in [0.1, 0.15) is 11.5 Å². The van der Waals surface area contributed by atoms with E-state index in [0.29, 0.717) is 48.7 Å². The molecule has 0 aliphatic heterocycles. The molecule has 2 amide bonds. The minimum absolute atomic E-state index is 0.122. The first kappa shape index (κ1) is 20.3. The van der Waals surface area contributed by atoms with Gasteiger partial charge in [0.25, 0.3) is 5.91 Å². The van der Waals surface area contributed by atoms with Crippen LogP contribution in [0.5, 0.6) is 11.5 Å². The summed E-state index contributed by atoms with van der Waals surface area (Å²) < 4.78 is 10.7. The van der Waals surface area contributed by atoms with E-state index in [-0.39, 0.29) is 11.8 Å². The van der Waals surface area contributed by atoms with Gasteiger partial charge in [-0.15, -0.1) is 0 Å². The number of methoxy groups -OCH3 is 1. The van der Waals surface area contributed by atoms with Crippen molar-refractivity contribution in [2.24, 2.45) is 0 Å². The van der Waals surface area contributed by atoms with Crippen LogP contribution in [0.4, 0.5) is 5.69 Å². The summed E-state index contributed by atoms with van der Waals surface area (Å²) in [6.07, 6.45) is 0.826. The van der Waals surface area contributed by atoms with E-state index >= 15 is 0 Å². The highest BCUT2D eigenvalue weighted by Crippen LogP contribution is 2.25. The summed E-state index contributed by atoms with van der Waals surface area (Å²) in [7, 11) is 1.57.